The van der Waals surface area contributed by atoms with E-state index in [9.17, 15) is 0 Å². The van der Waals surface area contributed by atoms with Crippen LogP contribution in [0, 0.1) is 13.8 Å². The van der Waals surface area contributed by atoms with Gasteiger partial charge in [0.25, 0.3) is 0 Å². The Hall–Kier alpha value is -2.87. The smallest absolute Gasteiger partial charge is 0.153 e. The molecule has 0 radical (unpaired) electrons. The van der Waals surface area contributed by atoms with Gasteiger partial charge < -0.3 is 4.42 Å². The number of hydrogen-bond donors (Lipinski definition) is 0. The molecule has 2 heterocycles. The van der Waals surface area contributed by atoms with E-state index in [-0.39, 0.29) is 5.41 Å². The predicted octanol–water partition coefficient (Wildman–Crippen LogP) is 7.08. The van der Waals surface area contributed by atoms with Gasteiger partial charge in [-0.15, -0.1) is 0 Å². The molecular formula is C25H25NO. The molecule has 0 bridgehead atoms. The lowest BCUT2D eigenvalue weighted by molar-refractivity contribution is 0.590. The highest BCUT2D eigenvalue weighted by Crippen LogP contribution is 2.31. The van der Waals surface area contributed by atoms with Crippen molar-refractivity contribution in [2.24, 2.45) is 0 Å². The predicted molar refractivity (Wildman–Crippen MR) is 113 cm³/mol. The van der Waals surface area contributed by atoms with E-state index in [1.54, 1.807) is 0 Å². The van der Waals surface area contributed by atoms with Crippen molar-refractivity contribution in [1.29, 1.82) is 0 Å². The summed E-state index contributed by atoms with van der Waals surface area (Å²) in [6, 6.07) is 21.2. The minimum atomic E-state index is 0.148. The van der Waals surface area contributed by atoms with Crippen molar-refractivity contribution in [3.8, 4) is 22.6 Å². The lowest BCUT2D eigenvalue weighted by Gasteiger charge is -2.18. The van der Waals surface area contributed by atoms with Gasteiger partial charge in [-0.25, -0.2) is 4.98 Å². The van der Waals surface area contributed by atoms with Gasteiger partial charge >= 0.3 is 0 Å². The van der Waals surface area contributed by atoms with E-state index in [0.717, 1.165) is 33.7 Å². The Morgan fingerprint density at radius 1 is 0.741 bits per heavy atom. The maximum Gasteiger partial charge on any atom is 0.153 e. The highest BCUT2D eigenvalue weighted by molar-refractivity contribution is 5.82. The van der Waals surface area contributed by atoms with Crippen molar-refractivity contribution in [2.45, 2.75) is 40.0 Å². The molecule has 2 nitrogen and oxygen atoms in total. The van der Waals surface area contributed by atoms with Crippen LogP contribution in [-0.4, -0.2) is 4.98 Å². The summed E-state index contributed by atoms with van der Waals surface area (Å²) in [7, 11) is 0. The molecule has 27 heavy (non-hydrogen) atoms. The van der Waals surface area contributed by atoms with Crippen molar-refractivity contribution in [1.82, 2.24) is 4.98 Å². The Morgan fingerprint density at radius 2 is 1.41 bits per heavy atom. The first kappa shape index (κ1) is 17.5. The lowest BCUT2D eigenvalue weighted by Crippen LogP contribution is -2.10. The van der Waals surface area contributed by atoms with E-state index in [1.807, 2.05) is 18.2 Å². The average molecular weight is 355 g/mol. The Labute approximate surface area is 160 Å². The van der Waals surface area contributed by atoms with Crippen LogP contribution in [0.15, 0.2) is 65.1 Å². The van der Waals surface area contributed by atoms with Crippen LogP contribution in [0.3, 0.4) is 0 Å². The van der Waals surface area contributed by atoms with E-state index < -0.39 is 0 Å². The van der Waals surface area contributed by atoms with Crippen LogP contribution in [0.2, 0.25) is 0 Å². The fraction of sp³-hybridized carbons (Fsp3) is 0.240. The number of fused-ring (bicyclic) bond motifs is 1. The summed E-state index contributed by atoms with van der Waals surface area (Å²) >= 11 is 0. The summed E-state index contributed by atoms with van der Waals surface area (Å²) in [5, 5.41) is 0. The SMILES string of the molecule is Cc1cc(C)cc(-c2ccc3oc(-c4ccc(C(C)(C)C)cc4)cc3n2)c1. The number of furan rings is 1. The molecule has 4 aromatic rings. The van der Waals surface area contributed by atoms with Crippen molar-refractivity contribution < 1.29 is 4.42 Å². The molecule has 0 spiro atoms. The van der Waals surface area contributed by atoms with Crippen LogP contribution in [0.1, 0.15) is 37.5 Å². The molecule has 0 aliphatic carbocycles. The Kier molecular flexibility index (Phi) is 4.15. The number of hydrogen-bond acceptors (Lipinski definition) is 2. The van der Waals surface area contributed by atoms with Crippen LogP contribution < -0.4 is 0 Å². The molecule has 0 aliphatic heterocycles. The molecule has 2 aromatic heterocycles. The molecule has 0 saturated carbocycles. The molecule has 0 saturated heterocycles. The lowest BCUT2D eigenvalue weighted by atomic mass is 9.86. The molecule has 0 atom stereocenters. The van der Waals surface area contributed by atoms with Crippen LogP contribution in [-0.2, 0) is 5.41 Å². The average Bonchev–Trinajstić information content (AvgIpc) is 3.03. The largest absolute Gasteiger partial charge is 0.454 e. The van der Waals surface area contributed by atoms with Crippen LogP contribution in [0.4, 0.5) is 0 Å². The van der Waals surface area contributed by atoms with E-state index in [4.69, 9.17) is 9.40 Å². The molecule has 0 unspecified atom stereocenters. The zero-order valence-electron chi connectivity index (χ0n) is 16.6. The first-order chi connectivity index (χ1) is 12.8. The normalized spacial score (nSPS) is 11.9. The van der Waals surface area contributed by atoms with E-state index in [1.165, 1.54) is 16.7 Å². The van der Waals surface area contributed by atoms with Gasteiger partial charge in [0.2, 0.25) is 0 Å². The second-order valence-electron chi connectivity index (χ2n) is 8.39. The van der Waals surface area contributed by atoms with Gasteiger partial charge in [-0.2, -0.15) is 0 Å². The minimum absolute atomic E-state index is 0.148. The summed E-state index contributed by atoms with van der Waals surface area (Å²) in [5.74, 6) is 0.857. The zero-order valence-corrected chi connectivity index (χ0v) is 16.6. The molecule has 0 aliphatic rings. The highest BCUT2D eigenvalue weighted by atomic mass is 16.3. The van der Waals surface area contributed by atoms with Gasteiger partial charge in [-0.05, 0) is 49.1 Å². The molecule has 0 amide bonds. The summed E-state index contributed by atoms with van der Waals surface area (Å²) in [5.41, 5.74) is 8.87. The summed E-state index contributed by atoms with van der Waals surface area (Å²) < 4.78 is 6.06. The quantitative estimate of drug-likeness (QED) is 0.384. The van der Waals surface area contributed by atoms with Gasteiger partial charge in [-0.3, -0.25) is 0 Å². The number of rotatable bonds is 2. The molecule has 2 heteroatoms. The van der Waals surface area contributed by atoms with Crippen molar-refractivity contribution in [3.05, 3.63) is 77.4 Å². The monoisotopic (exact) mass is 355 g/mol. The summed E-state index contributed by atoms with van der Waals surface area (Å²) in [6.07, 6.45) is 0. The second kappa shape index (κ2) is 6.38. The van der Waals surface area contributed by atoms with E-state index >= 15 is 0 Å². The third-order valence-electron chi connectivity index (χ3n) is 4.93. The Morgan fingerprint density at radius 3 is 2.04 bits per heavy atom. The zero-order chi connectivity index (χ0) is 19.2. The van der Waals surface area contributed by atoms with Crippen molar-refractivity contribution in [3.63, 3.8) is 0 Å². The van der Waals surface area contributed by atoms with Gasteiger partial charge in [0.1, 0.15) is 11.3 Å². The summed E-state index contributed by atoms with van der Waals surface area (Å²) in [6.45, 7) is 10.9. The molecule has 0 N–H and O–H groups in total. The Balaban J connectivity index is 1.72. The van der Waals surface area contributed by atoms with Gasteiger partial charge in [0, 0.05) is 17.2 Å². The molecule has 136 valence electrons. The fourth-order valence-corrected chi connectivity index (χ4v) is 3.48. The third-order valence-corrected chi connectivity index (χ3v) is 4.93. The maximum absolute atomic E-state index is 6.06. The minimum Gasteiger partial charge on any atom is -0.454 e. The Bertz CT molecular complexity index is 1090. The number of aryl methyl sites for hydroxylation is 2. The van der Waals surface area contributed by atoms with E-state index in [2.05, 4.69) is 77.1 Å². The first-order valence-corrected chi connectivity index (χ1v) is 9.40. The number of benzene rings is 2. The molecule has 2 aromatic carbocycles. The third kappa shape index (κ3) is 3.52. The van der Waals surface area contributed by atoms with Crippen molar-refractivity contribution in [2.75, 3.05) is 0 Å². The summed E-state index contributed by atoms with van der Waals surface area (Å²) in [4.78, 5) is 4.84. The number of nitrogens with zero attached hydrogens (tertiary/aromatic N) is 1. The van der Waals surface area contributed by atoms with Gasteiger partial charge in [-0.1, -0.05) is 62.2 Å². The van der Waals surface area contributed by atoms with Crippen molar-refractivity contribution >= 4 is 11.1 Å². The topological polar surface area (TPSA) is 26.0 Å². The fourth-order valence-electron chi connectivity index (χ4n) is 3.48. The highest BCUT2D eigenvalue weighted by Gasteiger charge is 2.14. The molecule has 4 rings (SSSR count). The standard InChI is InChI=1S/C25H25NO/c1-16-12-17(2)14-19(13-16)21-10-11-23-22(26-21)15-24(27-23)18-6-8-20(9-7-18)25(3,4)5/h6-15H,1-5H3. The number of aromatic nitrogens is 1. The molecule has 0 fully saturated rings. The maximum atomic E-state index is 6.06. The second-order valence-corrected chi connectivity index (χ2v) is 8.39. The van der Waals surface area contributed by atoms with Crippen LogP contribution in [0.5, 0.6) is 0 Å². The van der Waals surface area contributed by atoms with Gasteiger partial charge in [0.05, 0.1) is 5.69 Å². The molecular weight excluding hydrogens is 330 g/mol. The van der Waals surface area contributed by atoms with Crippen LogP contribution in [0.25, 0.3) is 33.7 Å². The van der Waals surface area contributed by atoms with Crippen LogP contribution >= 0.6 is 0 Å². The van der Waals surface area contributed by atoms with Gasteiger partial charge in [0.15, 0.2) is 5.58 Å². The first-order valence-electron chi connectivity index (χ1n) is 9.40. The van der Waals surface area contributed by atoms with E-state index in [0.29, 0.717) is 0 Å². The number of pyridine rings is 1.